The van der Waals surface area contributed by atoms with Gasteiger partial charge < -0.3 is 10.6 Å². The summed E-state index contributed by atoms with van der Waals surface area (Å²) in [4.78, 5) is 26.5. The molecule has 0 aromatic heterocycles. The lowest BCUT2D eigenvalue weighted by molar-refractivity contribution is -0.120. The molecular formula is C22H26ClN3O2. The summed E-state index contributed by atoms with van der Waals surface area (Å²) in [6, 6.07) is 16.9. The summed E-state index contributed by atoms with van der Waals surface area (Å²) in [6.07, 6.45) is 2.23. The maximum Gasteiger partial charge on any atom is 0.251 e. The molecule has 1 saturated heterocycles. The molecule has 148 valence electrons. The zero-order chi connectivity index (χ0) is 19.8. The number of rotatable bonds is 7. The van der Waals surface area contributed by atoms with E-state index >= 15 is 0 Å². The van der Waals surface area contributed by atoms with Crippen molar-refractivity contribution in [1.29, 1.82) is 0 Å². The van der Waals surface area contributed by atoms with Crippen LogP contribution in [0.25, 0.3) is 0 Å². The molecule has 0 spiro atoms. The van der Waals surface area contributed by atoms with Gasteiger partial charge in [-0.05, 0) is 55.1 Å². The van der Waals surface area contributed by atoms with E-state index in [1.165, 1.54) is 5.56 Å². The summed E-state index contributed by atoms with van der Waals surface area (Å²) in [6.45, 7) is 3.56. The second kappa shape index (κ2) is 10.2. The summed E-state index contributed by atoms with van der Waals surface area (Å²) >= 11 is 5.95. The molecule has 2 amide bonds. The van der Waals surface area contributed by atoms with E-state index in [1.54, 1.807) is 24.3 Å². The van der Waals surface area contributed by atoms with Gasteiger partial charge in [-0.25, -0.2) is 0 Å². The van der Waals surface area contributed by atoms with Gasteiger partial charge in [-0.3, -0.25) is 14.5 Å². The summed E-state index contributed by atoms with van der Waals surface area (Å²) in [5.74, 6) is 0.0384. The Morgan fingerprint density at radius 1 is 1.04 bits per heavy atom. The van der Waals surface area contributed by atoms with Crippen LogP contribution in [-0.4, -0.2) is 42.9 Å². The van der Waals surface area contributed by atoms with Crippen LogP contribution in [0.5, 0.6) is 0 Å². The van der Waals surface area contributed by atoms with E-state index in [-0.39, 0.29) is 18.4 Å². The van der Waals surface area contributed by atoms with E-state index in [9.17, 15) is 9.59 Å². The molecule has 3 rings (SSSR count). The van der Waals surface area contributed by atoms with Crippen molar-refractivity contribution in [1.82, 2.24) is 15.5 Å². The minimum atomic E-state index is -0.234. The quantitative estimate of drug-likeness (QED) is 0.752. The van der Waals surface area contributed by atoms with Gasteiger partial charge in [0.2, 0.25) is 5.91 Å². The molecule has 1 fully saturated rings. The molecule has 0 radical (unpaired) electrons. The molecule has 1 aliphatic rings. The number of halogens is 1. The molecule has 5 nitrogen and oxygen atoms in total. The van der Waals surface area contributed by atoms with Crippen LogP contribution in [0.1, 0.15) is 28.8 Å². The van der Waals surface area contributed by atoms with Gasteiger partial charge in [0, 0.05) is 30.2 Å². The van der Waals surface area contributed by atoms with Crippen LogP contribution in [0, 0.1) is 5.92 Å². The van der Waals surface area contributed by atoms with Gasteiger partial charge in [0.05, 0.1) is 6.54 Å². The monoisotopic (exact) mass is 399 g/mol. The van der Waals surface area contributed by atoms with Crippen molar-refractivity contribution in [2.24, 2.45) is 5.92 Å². The van der Waals surface area contributed by atoms with Gasteiger partial charge >= 0.3 is 0 Å². The molecule has 0 bridgehead atoms. The van der Waals surface area contributed by atoms with Crippen LogP contribution in [0.3, 0.4) is 0 Å². The highest BCUT2D eigenvalue weighted by Gasteiger charge is 2.20. The molecule has 1 atom stereocenters. The van der Waals surface area contributed by atoms with Gasteiger partial charge in [-0.15, -0.1) is 0 Å². The zero-order valence-corrected chi connectivity index (χ0v) is 16.6. The summed E-state index contributed by atoms with van der Waals surface area (Å²) < 4.78 is 0. The van der Waals surface area contributed by atoms with E-state index in [2.05, 4.69) is 27.7 Å². The smallest absolute Gasteiger partial charge is 0.251 e. The number of piperidine rings is 1. The van der Waals surface area contributed by atoms with Gasteiger partial charge in [-0.1, -0.05) is 41.9 Å². The summed E-state index contributed by atoms with van der Waals surface area (Å²) in [5.41, 5.74) is 1.80. The molecule has 6 heteroatoms. The molecule has 1 heterocycles. The first-order valence-electron chi connectivity index (χ1n) is 9.67. The first-order chi connectivity index (χ1) is 13.6. The van der Waals surface area contributed by atoms with E-state index in [0.29, 0.717) is 18.0 Å². The number of hydrogen-bond acceptors (Lipinski definition) is 3. The lowest BCUT2D eigenvalue weighted by Crippen LogP contribution is -2.43. The Balaban J connectivity index is 1.38. The molecule has 2 N–H and O–H groups in total. The Morgan fingerprint density at radius 2 is 1.79 bits per heavy atom. The van der Waals surface area contributed by atoms with Gasteiger partial charge in [0.15, 0.2) is 0 Å². The van der Waals surface area contributed by atoms with Crippen LogP contribution < -0.4 is 10.6 Å². The van der Waals surface area contributed by atoms with E-state index in [0.717, 1.165) is 37.5 Å². The van der Waals surface area contributed by atoms with Crippen molar-refractivity contribution in [3.05, 3.63) is 70.7 Å². The topological polar surface area (TPSA) is 61.4 Å². The molecule has 2 aromatic carbocycles. The van der Waals surface area contributed by atoms with Crippen LogP contribution in [0.15, 0.2) is 54.6 Å². The first-order valence-corrected chi connectivity index (χ1v) is 10.0. The standard InChI is InChI=1S/C22H26ClN3O2/c23-20-10-8-17(9-11-20)15-26-12-4-5-18(16-26)13-24-21(27)14-25-22(28)19-6-2-1-3-7-19/h1-3,6-11,18H,4-5,12-16H2,(H,24,27)(H,25,28). The minimum absolute atomic E-state index is 0.00502. The number of benzene rings is 2. The third kappa shape index (κ3) is 6.36. The fourth-order valence-electron chi connectivity index (χ4n) is 3.48. The predicted octanol–water partition coefficient (Wildman–Crippen LogP) is 3.10. The lowest BCUT2D eigenvalue weighted by atomic mass is 9.97. The number of carbonyl (C=O) groups is 2. The minimum Gasteiger partial charge on any atom is -0.354 e. The van der Waals surface area contributed by atoms with Crippen molar-refractivity contribution in [2.75, 3.05) is 26.2 Å². The highest BCUT2D eigenvalue weighted by Crippen LogP contribution is 2.19. The number of likely N-dealkylation sites (tertiary alicyclic amines) is 1. The Labute approximate surface area is 171 Å². The van der Waals surface area contributed by atoms with E-state index in [1.807, 2.05) is 18.2 Å². The molecule has 0 aliphatic carbocycles. The van der Waals surface area contributed by atoms with Crippen molar-refractivity contribution in [3.8, 4) is 0 Å². The average Bonchev–Trinajstić information content (AvgIpc) is 2.73. The molecule has 0 saturated carbocycles. The Kier molecular flexibility index (Phi) is 7.46. The third-order valence-electron chi connectivity index (χ3n) is 4.96. The fourth-order valence-corrected chi connectivity index (χ4v) is 3.61. The number of carbonyl (C=O) groups excluding carboxylic acids is 2. The third-order valence-corrected chi connectivity index (χ3v) is 5.21. The first kappa shape index (κ1) is 20.4. The van der Waals surface area contributed by atoms with Crippen LogP contribution in [0.2, 0.25) is 5.02 Å². The Hall–Kier alpha value is -2.37. The van der Waals surface area contributed by atoms with Crippen molar-refractivity contribution >= 4 is 23.4 Å². The van der Waals surface area contributed by atoms with Gasteiger partial charge in [0.25, 0.3) is 5.91 Å². The molecular weight excluding hydrogens is 374 g/mol. The van der Waals surface area contributed by atoms with Crippen molar-refractivity contribution in [2.45, 2.75) is 19.4 Å². The zero-order valence-electron chi connectivity index (χ0n) is 15.9. The molecule has 1 aliphatic heterocycles. The van der Waals surface area contributed by atoms with Crippen molar-refractivity contribution in [3.63, 3.8) is 0 Å². The van der Waals surface area contributed by atoms with E-state index in [4.69, 9.17) is 11.6 Å². The summed E-state index contributed by atoms with van der Waals surface area (Å²) in [7, 11) is 0. The summed E-state index contributed by atoms with van der Waals surface area (Å²) in [5, 5.41) is 6.37. The molecule has 2 aromatic rings. The SMILES string of the molecule is O=C(CNC(=O)c1ccccc1)NCC1CCCN(Cc2ccc(Cl)cc2)C1. The van der Waals surface area contributed by atoms with Crippen LogP contribution in [-0.2, 0) is 11.3 Å². The normalized spacial score (nSPS) is 17.1. The fraction of sp³-hybridized carbons (Fsp3) is 0.364. The highest BCUT2D eigenvalue weighted by molar-refractivity contribution is 6.30. The van der Waals surface area contributed by atoms with Crippen molar-refractivity contribution < 1.29 is 9.59 Å². The molecule has 28 heavy (non-hydrogen) atoms. The number of nitrogens with zero attached hydrogens (tertiary/aromatic N) is 1. The second-order valence-electron chi connectivity index (χ2n) is 7.22. The van der Waals surface area contributed by atoms with E-state index < -0.39 is 0 Å². The number of nitrogens with one attached hydrogen (secondary N) is 2. The average molecular weight is 400 g/mol. The predicted molar refractivity (Wildman–Crippen MR) is 111 cm³/mol. The van der Waals surface area contributed by atoms with Crippen LogP contribution in [0.4, 0.5) is 0 Å². The maximum absolute atomic E-state index is 12.1. The lowest BCUT2D eigenvalue weighted by Gasteiger charge is -2.32. The Bertz CT molecular complexity index is 780. The van der Waals surface area contributed by atoms with Crippen LogP contribution >= 0.6 is 11.6 Å². The molecule has 1 unspecified atom stereocenters. The second-order valence-corrected chi connectivity index (χ2v) is 7.66. The maximum atomic E-state index is 12.1. The Morgan fingerprint density at radius 3 is 2.54 bits per heavy atom. The number of hydrogen-bond donors (Lipinski definition) is 2. The largest absolute Gasteiger partial charge is 0.354 e. The highest BCUT2D eigenvalue weighted by atomic mass is 35.5. The van der Waals surface area contributed by atoms with Gasteiger partial charge in [0.1, 0.15) is 0 Å². The number of amides is 2. The van der Waals surface area contributed by atoms with Gasteiger partial charge in [-0.2, -0.15) is 0 Å².